The largest absolute Gasteiger partial charge is 0.396 e. The van der Waals surface area contributed by atoms with Crippen LogP contribution in [0.15, 0.2) is 4.99 Å². The summed E-state index contributed by atoms with van der Waals surface area (Å²) in [5.41, 5.74) is 0. The second kappa shape index (κ2) is 14.8. The average molecular weight is 497 g/mol. The molecule has 0 aromatic rings. The Morgan fingerprint density at radius 3 is 2.63 bits per heavy atom. The first-order valence-corrected chi connectivity index (χ1v) is 10.6. The number of rotatable bonds is 10. The maximum absolute atomic E-state index is 9.24. The molecule has 2 N–H and O–H groups in total. The lowest BCUT2D eigenvalue weighted by molar-refractivity contribution is -0.0367. The van der Waals surface area contributed by atoms with Gasteiger partial charge in [-0.15, -0.1) is 24.0 Å². The van der Waals surface area contributed by atoms with Crippen LogP contribution < -0.4 is 5.32 Å². The summed E-state index contributed by atoms with van der Waals surface area (Å²) in [6.45, 7) is 9.86. The molecule has 0 aliphatic carbocycles. The minimum absolute atomic E-state index is 0. The molecule has 0 aromatic carbocycles. The molecule has 160 valence electrons. The number of likely N-dealkylation sites (tertiary alicyclic amines) is 1. The van der Waals surface area contributed by atoms with E-state index in [0.717, 1.165) is 83.9 Å². The van der Waals surface area contributed by atoms with Gasteiger partial charge in [0.05, 0.1) is 18.8 Å². The van der Waals surface area contributed by atoms with Gasteiger partial charge in [0.15, 0.2) is 5.96 Å². The number of hydrogen-bond donors (Lipinski definition) is 2. The van der Waals surface area contributed by atoms with E-state index in [-0.39, 0.29) is 30.6 Å². The number of aliphatic hydroxyl groups excluding tert-OH is 1. The Morgan fingerprint density at radius 2 is 2.04 bits per heavy atom. The van der Waals surface area contributed by atoms with Gasteiger partial charge in [-0.3, -0.25) is 4.99 Å². The standard InChI is InChI=1S/C20H39N3O3.HI/c1-3-6-17(10-13-24)15-22-20(21-4-2)23-11-8-18(9-12-23)26-16-19-7-5-14-25-19;/h17-19,24H,3-16H2,1-2H3,(H,21,22);1H. The molecule has 0 aromatic heterocycles. The number of halogens is 1. The highest BCUT2D eigenvalue weighted by atomic mass is 127. The van der Waals surface area contributed by atoms with Gasteiger partial charge in [0, 0.05) is 39.4 Å². The Bertz CT molecular complexity index is 392. The van der Waals surface area contributed by atoms with Crippen LogP contribution in [-0.4, -0.2) is 74.2 Å². The van der Waals surface area contributed by atoms with Gasteiger partial charge in [0.1, 0.15) is 0 Å². The molecule has 2 aliphatic heterocycles. The number of piperidine rings is 1. The van der Waals surface area contributed by atoms with Gasteiger partial charge >= 0.3 is 0 Å². The molecule has 2 saturated heterocycles. The van der Waals surface area contributed by atoms with Crippen LogP contribution in [0.25, 0.3) is 0 Å². The average Bonchev–Trinajstić information content (AvgIpc) is 3.18. The SMILES string of the molecule is CCCC(CCO)CN=C(NCC)N1CCC(OCC2CCCO2)CC1.I. The molecule has 0 bridgehead atoms. The van der Waals surface area contributed by atoms with Crippen LogP contribution in [0.3, 0.4) is 0 Å². The highest BCUT2D eigenvalue weighted by Crippen LogP contribution is 2.18. The van der Waals surface area contributed by atoms with Crippen molar-refractivity contribution in [2.75, 3.05) is 46.0 Å². The van der Waals surface area contributed by atoms with Crippen molar-refractivity contribution >= 4 is 29.9 Å². The van der Waals surface area contributed by atoms with Gasteiger partial charge in [-0.1, -0.05) is 13.3 Å². The number of aliphatic hydroxyl groups is 1. The van der Waals surface area contributed by atoms with Gasteiger partial charge in [0.25, 0.3) is 0 Å². The Balaban J connectivity index is 0.00000364. The highest BCUT2D eigenvalue weighted by molar-refractivity contribution is 14.0. The van der Waals surface area contributed by atoms with Crippen LogP contribution >= 0.6 is 24.0 Å². The summed E-state index contributed by atoms with van der Waals surface area (Å²) < 4.78 is 11.7. The number of hydrogen-bond acceptors (Lipinski definition) is 4. The minimum atomic E-state index is 0. The molecular weight excluding hydrogens is 457 g/mol. The summed E-state index contributed by atoms with van der Waals surface area (Å²) in [4.78, 5) is 7.23. The fourth-order valence-corrected chi connectivity index (χ4v) is 3.81. The smallest absolute Gasteiger partial charge is 0.193 e. The molecule has 2 heterocycles. The van der Waals surface area contributed by atoms with Crippen molar-refractivity contribution in [1.82, 2.24) is 10.2 Å². The van der Waals surface area contributed by atoms with E-state index in [2.05, 4.69) is 24.1 Å². The third kappa shape index (κ3) is 9.28. The van der Waals surface area contributed by atoms with Gasteiger partial charge < -0.3 is 24.8 Å². The molecule has 6 nitrogen and oxygen atoms in total. The van der Waals surface area contributed by atoms with Crippen LogP contribution in [0.4, 0.5) is 0 Å². The van der Waals surface area contributed by atoms with E-state index in [1.807, 2.05) is 0 Å². The number of guanidine groups is 1. The lowest BCUT2D eigenvalue weighted by atomic mass is 10.0. The summed E-state index contributed by atoms with van der Waals surface area (Å²) in [5, 5.41) is 12.7. The predicted octanol–water partition coefficient (Wildman–Crippen LogP) is 3.03. The fraction of sp³-hybridized carbons (Fsp3) is 0.950. The Morgan fingerprint density at radius 1 is 1.26 bits per heavy atom. The van der Waals surface area contributed by atoms with E-state index in [1.165, 1.54) is 6.42 Å². The maximum atomic E-state index is 9.24. The summed E-state index contributed by atoms with van der Waals surface area (Å²) in [6, 6.07) is 0. The maximum Gasteiger partial charge on any atom is 0.193 e. The van der Waals surface area contributed by atoms with E-state index in [4.69, 9.17) is 14.5 Å². The molecule has 2 atom stereocenters. The molecule has 0 saturated carbocycles. The number of nitrogens with one attached hydrogen (secondary N) is 1. The predicted molar refractivity (Wildman–Crippen MR) is 121 cm³/mol. The number of nitrogens with zero attached hydrogens (tertiary/aromatic N) is 2. The van der Waals surface area contributed by atoms with Crippen LogP contribution in [-0.2, 0) is 9.47 Å². The van der Waals surface area contributed by atoms with Gasteiger partial charge in [-0.2, -0.15) is 0 Å². The van der Waals surface area contributed by atoms with Crippen molar-refractivity contribution in [2.45, 2.75) is 71.0 Å². The topological polar surface area (TPSA) is 66.3 Å². The zero-order chi connectivity index (χ0) is 18.6. The lowest BCUT2D eigenvalue weighted by Crippen LogP contribution is -2.47. The first-order valence-electron chi connectivity index (χ1n) is 10.6. The Kier molecular flexibility index (Phi) is 13.7. The Hall–Kier alpha value is -0.120. The van der Waals surface area contributed by atoms with Crippen molar-refractivity contribution in [1.29, 1.82) is 0 Å². The highest BCUT2D eigenvalue weighted by Gasteiger charge is 2.24. The summed E-state index contributed by atoms with van der Waals surface area (Å²) in [6.07, 6.45) is 8.18. The summed E-state index contributed by atoms with van der Waals surface area (Å²) in [7, 11) is 0. The first-order chi connectivity index (χ1) is 12.8. The van der Waals surface area contributed by atoms with Crippen molar-refractivity contribution in [3.63, 3.8) is 0 Å². The fourth-order valence-electron chi connectivity index (χ4n) is 3.81. The monoisotopic (exact) mass is 497 g/mol. The van der Waals surface area contributed by atoms with E-state index < -0.39 is 0 Å². The summed E-state index contributed by atoms with van der Waals surface area (Å²) in [5.74, 6) is 1.50. The molecule has 0 amide bonds. The van der Waals surface area contributed by atoms with Crippen LogP contribution in [0.1, 0.15) is 58.8 Å². The van der Waals surface area contributed by atoms with E-state index in [9.17, 15) is 5.11 Å². The summed E-state index contributed by atoms with van der Waals surface area (Å²) >= 11 is 0. The van der Waals surface area contributed by atoms with Crippen LogP contribution in [0.5, 0.6) is 0 Å². The molecular formula is C20H40IN3O3. The van der Waals surface area contributed by atoms with Crippen LogP contribution in [0.2, 0.25) is 0 Å². The third-order valence-corrected chi connectivity index (χ3v) is 5.35. The number of ether oxygens (including phenoxy) is 2. The van der Waals surface area contributed by atoms with Crippen molar-refractivity contribution in [3.8, 4) is 0 Å². The first kappa shape index (κ1) is 24.9. The molecule has 0 spiro atoms. The zero-order valence-corrected chi connectivity index (χ0v) is 19.5. The van der Waals surface area contributed by atoms with E-state index in [0.29, 0.717) is 18.1 Å². The van der Waals surface area contributed by atoms with Gasteiger partial charge in [-0.25, -0.2) is 0 Å². The number of aliphatic imine (C=N–C) groups is 1. The molecule has 2 rings (SSSR count). The second-order valence-corrected chi connectivity index (χ2v) is 7.52. The molecule has 2 aliphatic rings. The second-order valence-electron chi connectivity index (χ2n) is 7.52. The van der Waals surface area contributed by atoms with Crippen molar-refractivity contribution < 1.29 is 14.6 Å². The molecule has 7 heteroatoms. The molecule has 2 fully saturated rings. The quantitative estimate of drug-likeness (QED) is 0.276. The van der Waals surface area contributed by atoms with E-state index in [1.54, 1.807) is 0 Å². The lowest BCUT2D eigenvalue weighted by Gasteiger charge is -2.34. The minimum Gasteiger partial charge on any atom is -0.396 e. The van der Waals surface area contributed by atoms with E-state index >= 15 is 0 Å². The van der Waals surface area contributed by atoms with Gasteiger partial charge in [0.2, 0.25) is 0 Å². The molecule has 2 unspecified atom stereocenters. The third-order valence-electron chi connectivity index (χ3n) is 5.35. The Labute approximate surface area is 182 Å². The molecule has 27 heavy (non-hydrogen) atoms. The zero-order valence-electron chi connectivity index (χ0n) is 17.2. The molecule has 0 radical (unpaired) electrons. The normalized spacial score (nSPS) is 22.6. The van der Waals surface area contributed by atoms with Crippen LogP contribution in [0, 0.1) is 5.92 Å². The van der Waals surface area contributed by atoms with Crippen molar-refractivity contribution in [3.05, 3.63) is 0 Å². The van der Waals surface area contributed by atoms with Gasteiger partial charge in [-0.05, 0) is 51.4 Å². The van der Waals surface area contributed by atoms with Crippen molar-refractivity contribution in [2.24, 2.45) is 10.9 Å².